The Labute approximate surface area is 118 Å². The van der Waals surface area contributed by atoms with E-state index in [1.807, 2.05) is 0 Å². The van der Waals surface area contributed by atoms with Crippen LogP contribution in [0, 0.1) is 6.92 Å². The second kappa shape index (κ2) is 5.06. The maximum atomic E-state index is 4.68. The maximum absolute atomic E-state index is 4.68. The molecule has 1 aliphatic heterocycles. The maximum Gasteiger partial charge on any atom is 0.0755 e. The number of fused-ring (bicyclic) bond motifs is 1. The zero-order valence-electron chi connectivity index (χ0n) is 11.1. The lowest BCUT2D eigenvalue weighted by Gasteiger charge is -2.15. The van der Waals surface area contributed by atoms with Crippen LogP contribution in [-0.2, 0) is 0 Å². The van der Waals surface area contributed by atoms with E-state index in [1.165, 1.54) is 21.6 Å². The fourth-order valence-corrected chi connectivity index (χ4v) is 3.00. The van der Waals surface area contributed by atoms with Crippen LogP contribution in [0.3, 0.4) is 0 Å². The molecule has 0 atom stereocenters. The van der Waals surface area contributed by atoms with Gasteiger partial charge in [-0.05, 0) is 31.6 Å². The van der Waals surface area contributed by atoms with Crippen LogP contribution in [-0.4, -0.2) is 5.04 Å². The lowest BCUT2D eigenvalue weighted by atomic mass is 10.1. The molecule has 0 radical (unpaired) electrons. The SMILES string of the molecule is CC1=N/C(=C\c2ccc(C)cc2)c2ccccc2S1. The summed E-state index contributed by atoms with van der Waals surface area (Å²) in [5.41, 5.74) is 4.75. The highest BCUT2D eigenvalue weighted by molar-refractivity contribution is 8.14. The molecule has 2 heteroatoms. The molecule has 2 aromatic rings. The van der Waals surface area contributed by atoms with Crippen molar-refractivity contribution in [2.75, 3.05) is 0 Å². The predicted molar refractivity (Wildman–Crippen MR) is 84.5 cm³/mol. The molecule has 1 heterocycles. The first kappa shape index (κ1) is 12.2. The van der Waals surface area contributed by atoms with Crippen LogP contribution < -0.4 is 0 Å². The van der Waals surface area contributed by atoms with Crippen molar-refractivity contribution in [2.24, 2.45) is 4.99 Å². The topological polar surface area (TPSA) is 12.4 Å². The van der Waals surface area contributed by atoms with Gasteiger partial charge in [0.1, 0.15) is 0 Å². The fraction of sp³-hybridized carbons (Fsp3) is 0.118. The van der Waals surface area contributed by atoms with Crippen LogP contribution in [0.15, 0.2) is 58.4 Å². The molecule has 94 valence electrons. The Morgan fingerprint density at radius 3 is 2.47 bits per heavy atom. The molecule has 0 amide bonds. The Morgan fingerprint density at radius 1 is 0.947 bits per heavy atom. The van der Waals surface area contributed by atoms with E-state index in [-0.39, 0.29) is 0 Å². The summed E-state index contributed by atoms with van der Waals surface area (Å²) in [4.78, 5) is 5.97. The third kappa shape index (κ3) is 2.64. The predicted octanol–water partition coefficient (Wildman–Crippen LogP) is 5.02. The molecule has 1 aliphatic rings. The summed E-state index contributed by atoms with van der Waals surface area (Å²) in [5, 5.41) is 1.09. The van der Waals surface area contributed by atoms with Gasteiger partial charge in [0, 0.05) is 10.5 Å². The molecule has 1 nitrogen and oxygen atoms in total. The zero-order valence-corrected chi connectivity index (χ0v) is 11.9. The minimum Gasteiger partial charge on any atom is -0.246 e. The van der Waals surface area contributed by atoms with E-state index >= 15 is 0 Å². The Morgan fingerprint density at radius 2 is 1.68 bits per heavy atom. The Balaban J connectivity index is 2.08. The van der Waals surface area contributed by atoms with E-state index in [1.54, 1.807) is 11.8 Å². The average molecular weight is 265 g/mol. The van der Waals surface area contributed by atoms with Gasteiger partial charge in [0.05, 0.1) is 10.7 Å². The molecule has 0 aromatic heterocycles. The van der Waals surface area contributed by atoms with Gasteiger partial charge in [-0.25, -0.2) is 4.99 Å². The van der Waals surface area contributed by atoms with E-state index in [9.17, 15) is 0 Å². The van der Waals surface area contributed by atoms with Gasteiger partial charge in [0.2, 0.25) is 0 Å². The molecule has 0 bridgehead atoms. The van der Waals surface area contributed by atoms with Crippen molar-refractivity contribution in [1.82, 2.24) is 0 Å². The monoisotopic (exact) mass is 265 g/mol. The summed E-state index contributed by atoms with van der Waals surface area (Å²) in [6, 6.07) is 17.0. The van der Waals surface area contributed by atoms with E-state index in [0.717, 1.165) is 10.7 Å². The molecule has 19 heavy (non-hydrogen) atoms. The van der Waals surface area contributed by atoms with E-state index < -0.39 is 0 Å². The molecule has 0 aliphatic carbocycles. The Hall–Kier alpha value is -1.80. The molecule has 3 rings (SSSR count). The number of nitrogens with zero attached hydrogens (tertiary/aromatic N) is 1. The van der Waals surface area contributed by atoms with Gasteiger partial charge >= 0.3 is 0 Å². The highest BCUT2D eigenvalue weighted by Crippen LogP contribution is 2.36. The van der Waals surface area contributed by atoms with Crippen molar-refractivity contribution < 1.29 is 0 Å². The summed E-state index contributed by atoms with van der Waals surface area (Å²) in [6.07, 6.45) is 2.15. The lowest BCUT2D eigenvalue weighted by molar-refractivity contribution is 1.36. The van der Waals surface area contributed by atoms with Gasteiger partial charge in [-0.2, -0.15) is 0 Å². The highest BCUT2D eigenvalue weighted by atomic mass is 32.2. The molecule has 0 spiro atoms. The first-order valence-electron chi connectivity index (χ1n) is 6.33. The summed E-state index contributed by atoms with van der Waals surface area (Å²) in [7, 11) is 0. The minimum absolute atomic E-state index is 1.05. The van der Waals surface area contributed by atoms with Crippen molar-refractivity contribution in [1.29, 1.82) is 0 Å². The lowest BCUT2D eigenvalue weighted by Crippen LogP contribution is -1.97. The van der Waals surface area contributed by atoms with E-state index in [2.05, 4.69) is 73.4 Å². The van der Waals surface area contributed by atoms with Gasteiger partial charge in [0.25, 0.3) is 0 Å². The van der Waals surface area contributed by atoms with Gasteiger partial charge in [-0.15, -0.1) is 0 Å². The molecular weight excluding hydrogens is 250 g/mol. The molecule has 0 saturated carbocycles. The minimum atomic E-state index is 1.05. The van der Waals surface area contributed by atoms with Crippen LogP contribution in [0.1, 0.15) is 23.6 Å². The fourth-order valence-electron chi connectivity index (χ4n) is 2.11. The van der Waals surface area contributed by atoms with Crippen LogP contribution in [0.4, 0.5) is 0 Å². The number of thioether (sulfide) groups is 1. The van der Waals surface area contributed by atoms with Gasteiger partial charge in [0.15, 0.2) is 0 Å². The van der Waals surface area contributed by atoms with Gasteiger partial charge < -0.3 is 0 Å². The van der Waals surface area contributed by atoms with Crippen molar-refractivity contribution in [3.05, 3.63) is 65.2 Å². The number of aryl methyl sites for hydroxylation is 1. The zero-order chi connectivity index (χ0) is 13.2. The van der Waals surface area contributed by atoms with Crippen LogP contribution in [0.5, 0.6) is 0 Å². The van der Waals surface area contributed by atoms with Crippen molar-refractivity contribution in [3.8, 4) is 0 Å². The normalized spacial score (nSPS) is 16.1. The van der Waals surface area contributed by atoms with E-state index in [4.69, 9.17) is 0 Å². The van der Waals surface area contributed by atoms with Crippen LogP contribution in [0.25, 0.3) is 11.8 Å². The number of rotatable bonds is 1. The summed E-state index contributed by atoms with van der Waals surface area (Å²) in [5.74, 6) is 0. The third-order valence-corrected chi connectivity index (χ3v) is 4.04. The number of hydrogen-bond donors (Lipinski definition) is 0. The van der Waals surface area contributed by atoms with Crippen molar-refractivity contribution >= 4 is 28.6 Å². The van der Waals surface area contributed by atoms with Gasteiger partial charge in [-0.3, -0.25) is 0 Å². The number of hydrogen-bond acceptors (Lipinski definition) is 2. The molecule has 2 aromatic carbocycles. The molecular formula is C17H15NS. The van der Waals surface area contributed by atoms with Gasteiger partial charge in [-0.1, -0.05) is 59.8 Å². The summed E-state index contributed by atoms with van der Waals surface area (Å²) in [6.45, 7) is 4.16. The number of benzene rings is 2. The van der Waals surface area contributed by atoms with Crippen molar-refractivity contribution in [2.45, 2.75) is 18.7 Å². The first-order chi connectivity index (χ1) is 9.22. The second-order valence-corrected chi connectivity index (χ2v) is 5.90. The standard InChI is InChI=1S/C17H15NS/c1-12-7-9-14(10-8-12)11-16-15-5-3-4-6-17(15)19-13(2)18-16/h3-11H,1-2H3/b16-11-. The summed E-state index contributed by atoms with van der Waals surface area (Å²) < 4.78 is 0. The van der Waals surface area contributed by atoms with Crippen molar-refractivity contribution in [3.63, 3.8) is 0 Å². The Kier molecular flexibility index (Phi) is 3.26. The average Bonchev–Trinajstić information content (AvgIpc) is 2.41. The largest absolute Gasteiger partial charge is 0.246 e. The molecule has 0 unspecified atom stereocenters. The quantitative estimate of drug-likeness (QED) is 0.705. The molecule has 0 N–H and O–H groups in total. The molecule has 0 saturated heterocycles. The number of aliphatic imine (C=N–C) groups is 1. The first-order valence-corrected chi connectivity index (χ1v) is 7.15. The van der Waals surface area contributed by atoms with Crippen LogP contribution in [0.2, 0.25) is 0 Å². The highest BCUT2D eigenvalue weighted by Gasteiger charge is 2.14. The second-order valence-electron chi connectivity index (χ2n) is 4.67. The third-order valence-electron chi connectivity index (χ3n) is 3.08. The molecule has 0 fully saturated rings. The summed E-state index contributed by atoms with van der Waals surface area (Å²) >= 11 is 1.74. The smallest absolute Gasteiger partial charge is 0.0755 e. The Bertz CT molecular complexity index is 666. The van der Waals surface area contributed by atoms with Crippen LogP contribution >= 0.6 is 11.8 Å². The van der Waals surface area contributed by atoms with E-state index in [0.29, 0.717) is 0 Å².